The number of benzene rings is 1. The van der Waals surface area contributed by atoms with E-state index in [1.165, 1.54) is 30.5 Å². The summed E-state index contributed by atoms with van der Waals surface area (Å²) in [6, 6.07) is 10.00. The van der Waals surface area contributed by atoms with Crippen LogP contribution in [0.1, 0.15) is 35.8 Å². The molecule has 2 N–H and O–H groups in total. The Labute approximate surface area is 145 Å². The van der Waals surface area contributed by atoms with E-state index >= 15 is 0 Å². The van der Waals surface area contributed by atoms with Crippen LogP contribution < -0.4 is 10.7 Å². The highest BCUT2D eigenvalue weighted by Crippen LogP contribution is 2.41. The molecule has 0 radical (unpaired) electrons. The van der Waals surface area contributed by atoms with Crippen LogP contribution in [0.4, 0.5) is 4.39 Å². The first-order chi connectivity index (χ1) is 12.1. The van der Waals surface area contributed by atoms with Crippen LogP contribution in [0.3, 0.4) is 0 Å². The number of nitrogens with zero attached hydrogens (tertiary/aromatic N) is 1. The lowest BCUT2D eigenvalue weighted by Gasteiger charge is -2.19. The minimum Gasteiger partial charge on any atom is -0.357 e. The van der Waals surface area contributed by atoms with Crippen LogP contribution in [-0.2, 0) is 6.54 Å². The van der Waals surface area contributed by atoms with Gasteiger partial charge in [-0.1, -0.05) is 6.07 Å². The lowest BCUT2D eigenvalue weighted by atomic mass is 10.0. The van der Waals surface area contributed by atoms with Gasteiger partial charge in [0.15, 0.2) is 5.43 Å². The Morgan fingerprint density at radius 1 is 1.32 bits per heavy atom. The molecule has 0 bridgehead atoms. The monoisotopic (exact) mass is 337 g/mol. The molecule has 0 unspecified atom stereocenters. The third-order valence-corrected chi connectivity index (χ3v) is 4.80. The van der Waals surface area contributed by atoms with Crippen molar-refractivity contribution in [1.82, 2.24) is 15.3 Å². The molecule has 4 rings (SSSR count). The standard InChI is InChI=1S/C20H20FN3O/c1-12-3-2-8-22-19(12)20(13-4-5-13)23-11-15-10-18(25)16-9-14(21)6-7-17(16)24-15/h2-3,6-10,13,20,23H,4-5,11H2,1H3,(H,24,25)/t20-/m1/s1. The molecule has 1 aliphatic rings. The first-order valence-electron chi connectivity index (χ1n) is 8.58. The van der Waals surface area contributed by atoms with Gasteiger partial charge in [-0.15, -0.1) is 0 Å². The Morgan fingerprint density at radius 2 is 2.16 bits per heavy atom. The fourth-order valence-electron chi connectivity index (χ4n) is 3.33. The number of hydrogen-bond acceptors (Lipinski definition) is 3. The molecule has 1 aromatic carbocycles. The predicted octanol–water partition coefficient (Wildman–Crippen LogP) is 3.61. The maximum Gasteiger partial charge on any atom is 0.189 e. The first-order valence-corrected chi connectivity index (χ1v) is 8.58. The van der Waals surface area contributed by atoms with Crippen molar-refractivity contribution >= 4 is 10.9 Å². The summed E-state index contributed by atoms with van der Waals surface area (Å²) < 4.78 is 13.3. The summed E-state index contributed by atoms with van der Waals surface area (Å²) in [4.78, 5) is 20.0. The summed E-state index contributed by atoms with van der Waals surface area (Å²) in [5.41, 5.74) is 3.54. The molecule has 25 heavy (non-hydrogen) atoms. The second-order valence-corrected chi connectivity index (χ2v) is 6.75. The lowest BCUT2D eigenvalue weighted by molar-refractivity contribution is 0.464. The number of aromatic nitrogens is 2. The number of H-pyrrole nitrogens is 1. The summed E-state index contributed by atoms with van der Waals surface area (Å²) in [7, 11) is 0. The molecule has 0 saturated heterocycles. The second kappa shape index (κ2) is 6.41. The number of nitrogens with one attached hydrogen (secondary N) is 2. The zero-order valence-electron chi connectivity index (χ0n) is 14.1. The van der Waals surface area contributed by atoms with Crippen molar-refractivity contribution < 1.29 is 4.39 Å². The highest BCUT2D eigenvalue weighted by Gasteiger charge is 2.33. The number of aryl methyl sites for hydroxylation is 1. The smallest absolute Gasteiger partial charge is 0.189 e. The Kier molecular flexibility index (Phi) is 4.09. The molecule has 1 aliphatic carbocycles. The molecule has 2 heterocycles. The maximum atomic E-state index is 13.3. The molecule has 2 aromatic heterocycles. The van der Waals surface area contributed by atoms with E-state index in [2.05, 4.69) is 28.3 Å². The van der Waals surface area contributed by atoms with Gasteiger partial charge in [-0.25, -0.2) is 4.39 Å². The molecule has 1 atom stereocenters. The van der Waals surface area contributed by atoms with Gasteiger partial charge in [0, 0.05) is 35.4 Å². The van der Waals surface area contributed by atoms with E-state index in [4.69, 9.17) is 0 Å². The van der Waals surface area contributed by atoms with Crippen molar-refractivity contribution in [3.63, 3.8) is 0 Å². The fourth-order valence-corrected chi connectivity index (χ4v) is 3.33. The van der Waals surface area contributed by atoms with Crippen LogP contribution in [0.2, 0.25) is 0 Å². The van der Waals surface area contributed by atoms with Crippen molar-refractivity contribution in [2.45, 2.75) is 32.4 Å². The molecular weight excluding hydrogens is 317 g/mol. The number of aromatic amines is 1. The number of halogens is 1. The third-order valence-electron chi connectivity index (χ3n) is 4.80. The van der Waals surface area contributed by atoms with Gasteiger partial charge < -0.3 is 10.3 Å². The predicted molar refractivity (Wildman–Crippen MR) is 95.8 cm³/mol. The highest BCUT2D eigenvalue weighted by molar-refractivity contribution is 5.78. The molecule has 0 amide bonds. The summed E-state index contributed by atoms with van der Waals surface area (Å²) >= 11 is 0. The SMILES string of the molecule is Cc1cccnc1[C@H](NCc1cc(=O)c2cc(F)ccc2[nH]1)C1CC1. The number of rotatable bonds is 5. The van der Waals surface area contributed by atoms with Gasteiger partial charge in [0.2, 0.25) is 0 Å². The number of fused-ring (bicyclic) bond motifs is 1. The minimum atomic E-state index is -0.400. The van der Waals surface area contributed by atoms with Crippen molar-refractivity contribution in [3.8, 4) is 0 Å². The van der Waals surface area contributed by atoms with Gasteiger partial charge in [0.25, 0.3) is 0 Å². The van der Waals surface area contributed by atoms with E-state index in [0.717, 1.165) is 11.4 Å². The number of pyridine rings is 2. The van der Waals surface area contributed by atoms with E-state index in [0.29, 0.717) is 23.4 Å². The third kappa shape index (κ3) is 3.33. The van der Waals surface area contributed by atoms with Crippen molar-refractivity contribution in [2.75, 3.05) is 0 Å². The molecule has 5 heteroatoms. The van der Waals surface area contributed by atoms with E-state index < -0.39 is 5.82 Å². The van der Waals surface area contributed by atoms with Crippen LogP contribution >= 0.6 is 0 Å². The first kappa shape index (κ1) is 16.0. The van der Waals surface area contributed by atoms with Crippen LogP contribution in [0.15, 0.2) is 47.4 Å². The van der Waals surface area contributed by atoms with Gasteiger partial charge in [-0.2, -0.15) is 0 Å². The Balaban J connectivity index is 1.59. The zero-order valence-corrected chi connectivity index (χ0v) is 14.1. The van der Waals surface area contributed by atoms with Crippen LogP contribution in [0.5, 0.6) is 0 Å². The molecule has 128 valence electrons. The fraction of sp³-hybridized carbons (Fsp3) is 0.300. The van der Waals surface area contributed by atoms with Crippen molar-refractivity contribution in [3.05, 3.63) is 75.6 Å². The van der Waals surface area contributed by atoms with E-state index in [1.54, 1.807) is 12.1 Å². The van der Waals surface area contributed by atoms with Gasteiger partial charge in [-0.3, -0.25) is 9.78 Å². The van der Waals surface area contributed by atoms with Gasteiger partial charge >= 0.3 is 0 Å². The molecule has 0 aliphatic heterocycles. The molecular formula is C20H20FN3O. The Bertz CT molecular complexity index is 978. The summed E-state index contributed by atoms with van der Waals surface area (Å²) in [6.45, 7) is 2.62. The zero-order chi connectivity index (χ0) is 17.4. The summed E-state index contributed by atoms with van der Waals surface area (Å²) in [5.74, 6) is 0.193. The van der Waals surface area contributed by atoms with Gasteiger partial charge in [0.05, 0.1) is 11.7 Å². The maximum absolute atomic E-state index is 13.3. The largest absolute Gasteiger partial charge is 0.357 e. The van der Waals surface area contributed by atoms with Gasteiger partial charge in [-0.05, 0) is 55.5 Å². The topological polar surface area (TPSA) is 57.8 Å². The van der Waals surface area contributed by atoms with E-state index in [-0.39, 0.29) is 11.5 Å². The summed E-state index contributed by atoms with van der Waals surface area (Å²) in [5, 5.41) is 3.93. The normalized spacial score (nSPS) is 15.4. The second-order valence-electron chi connectivity index (χ2n) is 6.75. The van der Waals surface area contributed by atoms with E-state index in [9.17, 15) is 9.18 Å². The summed E-state index contributed by atoms with van der Waals surface area (Å²) in [6.07, 6.45) is 4.22. The molecule has 4 nitrogen and oxygen atoms in total. The number of hydrogen-bond donors (Lipinski definition) is 2. The van der Waals surface area contributed by atoms with Crippen LogP contribution in [0.25, 0.3) is 10.9 Å². The average molecular weight is 337 g/mol. The van der Waals surface area contributed by atoms with Crippen molar-refractivity contribution in [1.29, 1.82) is 0 Å². The average Bonchev–Trinajstić information content (AvgIpc) is 3.42. The quantitative estimate of drug-likeness (QED) is 0.748. The molecule has 1 saturated carbocycles. The highest BCUT2D eigenvalue weighted by atomic mass is 19.1. The Hall–Kier alpha value is -2.53. The lowest BCUT2D eigenvalue weighted by Crippen LogP contribution is -2.25. The van der Waals surface area contributed by atoms with Crippen LogP contribution in [0, 0.1) is 18.7 Å². The molecule has 0 spiro atoms. The molecule has 3 aromatic rings. The van der Waals surface area contributed by atoms with E-state index in [1.807, 2.05) is 12.3 Å². The van der Waals surface area contributed by atoms with Gasteiger partial charge in [0.1, 0.15) is 5.82 Å². The molecule has 1 fully saturated rings. The minimum absolute atomic E-state index is 0.165. The van der Waals surface area contributed by atoms with Crippen molar-refractivity contribution in [2.24, 2.45) is 5.92 Å². The van der Waals surface area contributed by atoms with Crippen LogP contribution in [-0.4, -0.2) is 9.97 Å². The Morgan fingerprint density at radius 3 is 2.92 bits per heavy atom.